The molecule has 0 bridgehead atoms. The van der Waals surface area contributed by atoms with E-state index < -0.39 is 8.15 Å². The number of benzene rings is 2. The highest BCUT2D eigenvalue weighted by molar-refractivity contribution is 7.68. The topological polar surface area (TPSA) is 18.5 Å². The van der Waals surface area contributed by atoms with Crippen LogP contribution in [-0.4, -0.2) is 20.3 Å². The summed E-state index contributed by atoms with van der Waals surface area (Å²) in [5, 5.41) is 2.46. The third-order valence-electron chi connectivity index (χ3n) is 2.49. The number of methoxy groups -OCH3 is 1. The molecule has 0 aliphatic carbocycles. The molecule has 0 saturated heterocycles. The van der Waals surface area contributed by atoms with Crippen LogP contribution >= 0.6 is 8.15 Å². The van der Waals surface area contributed by atoms with Crippen molar-refractivity contribution in [1.82, 2.24) is 0 Å². The second-order valence-corrected chi connectivity index (χ2v) is 5.67. The van der Waals surface area contributed by atoms with Crippen molar-refractivity contribution in [2.24, 2.45) is 0 Å². The maximum absolute atomic E-state index is 5.99. The van der Waals surface area contributed by atoms with Crippen molar-refractivity contribution in [2.45, 2.75) is 0 Å². The zero-order valence-corrected chi connectivity index (χ0v) is 11.3. The van der Waals surface area contributed by atoms with E-state index in [0.717, 1.165) is 0 Å². The van der Waals surface area contributed by atoms with E-state index >= 15 is 0 Å². The van der Waals surface area contributed by atoms with Gasteiger partial charge in [-0.15, -0.1) is 0 Å². The first-order valence-corrected chi connectivity index (χ1v) is 7.20. The molecule has 0 fully saturated rings. The summed E-state index contributed by atoms with van der Waals surface area (Å²) in [6.07, 6.45) is 0. The molecule has 2 rings (SSSR count). The predicted molar refractivity (Wildman–Crippen MR) is 76.9 cm³/mol. The van der Waals surface area contributed by atoms with Gasteiger partial charge in [-0.3, -0.25) is 0 Å². The van der Waals surface area contributed by atoms with Crippen LogP contribution in [0.15, 0.2) is 60.7 Å². The lowest BCUT2D eigenvalue weighted by atomic mass is 10.4. The smallest absolute Gasteiger partial charge is 0.0918 e. The molecule has 0 aromatic heterocycles. The number of rotatable bonds is 6. The molecule has 0 aliphatic rings. The molecule has 0 N–H and O–H groups in total. The second-order valence-electron chi connectivity index (χ2n) is 3.79. The van der Waals surface area contributed by atoms with Crippen LogP contribution in [0, 0.1) is 0 Å². The van der Waals surface area contributed by atoms with Gasteiger partial charge in [0.05, 0.1) is 21.4 Å². The Balaban J connectivity index is 2.18. The fraction of sp³-hybridized carbons (Fsp3) is 0.200. The summed E-state index contributed by atoms with van der Waals surface area (Å²) in [6.45, 7) is 1.24. The molecule has 0 amide bonds. The first-order valence-electron chi connectivity index (χ1n) is 5.94. The maximum atomic E-state index is 5.99. The van der Waals surface area contributed by atoms with Gasteiger partial charge in [0, 0.05) is 17.7 Å². The van der Waals surface area contributed by atoms with Crippen LogP contribution in [0.5, 0.6) is 0 Å². The first kappa shape index (κ1) is 13.2. The van der Waals surface area contributed by atoms with Crippen molar-refractivity contribution in [3.8, 4) is 0 Å². The van der Waals surface area contributed by atoms with Gasteiger partial charge in [0.2, 0.25) is 0 Å². The molecule has 18 heavy (non-hydrogen) atoms. The van der Waals surface area contributed by atoms with Crippen molar-refractivity contribution in [3.05, 3.63) is 60.7 Å². The van der Waals surface area contributed by atoms with Crippen molar-refractivity contribution in [3.63, 3.8) is 0 Å². The van der Waals surface area contributed by atoms with Gasteiger partial charge in [-0.2, -0.15) is 0 Å². The van der Waals surface area contributed by atoms with Crippen LogP contribution in [0.25, 0.3) is 0 Å². The second kappa shape index (κ2) is 7.27. The minimum Gasteiger partial charge on any atom is -0.382 e. The fourth-order valence-electron chi connectivity index (χ4n) is 1.64. The van der Waals surface area contributed by atoms with Gasteiger partial charge in [-0.1, -0.05) is 60.7 Å². The van der Waals surface area contributed by atoms with E-state index in [1.807, 2.05) is 36.4 Å². The lowest BCUT2D eigenvalue weighted by Crippen LogP contribution is -2.15. The Bertz CT molecular complexity index is 405. The predicted octanol–water partition coefficient (Wildman–Crippen LogP) is 2.70. The highest BCUT2D eigenvalue weighted by atomic mass is 31.1. The van der Waals surface area contributed by atoms with Crippen molar-refractivity contribution >= 4 is 18.8 Å². The molecule has 2 nitrogen and oxygen atoms in total. The first-order chi connectivity index (χ1) is 8.92. The number of hydrogen-bond acceptors (Lipinski definition) is 2. The molecule has 0 aliphatic heterocycles. The minimum atomic E-state index is -0.742. The van der Waals surface area contributed by atoms with Crippen LogP contribution in [0.2, 0.25) is 0 Å². The van der Waals surface area contributed by atoms with Crippen molar-refractivity contribution in [1.29, 1.82) is 0 Å². The van der Waals surface area contributed by atoms with E-state index in [9.17, 15) is 0 Å². The van der Waals surface area contributed by atoms with Crippen LogP contribution < -0.4 is 10.6 Å². The zero-order valence-electron chi connectivity index (χ0n) is 10.5. The van der Waals surface area contributed by atoms with Gasteiger partial charge in [0.25, 0.3) is 0 Å². The Labute approximate surface area is 109 Å². The molecule has 2 aromatic carbocycles. The summed E-state index contributed by atoms with van der Waals surface area (Å²) in [5.41, 5.74) is 0. The quantitative estimate of drug-likeness (QED) is 0.587. The SMILES string of the molecule is COCCOP(c1ccccc1)c1ccccc1. The minimum absolute atomic E-state index is 0.617. The Morgan fingerprint density at radius 1 is 0.778 bits per heavy atom. The molecule has 0 spiro atoms. The average molecular weight is 260 g/mol. The summed E-state index contributed by atoms with van der Waals surface area (Å²) >= 11 is 0. The molecule has 0 saturated carbocycles. The Hall–Kier alpha value is -1.21. The standard InChI is InChI=1S/C15H17O2P/c1-16-12-13-17-18(14-8-4-2-5-9-14)15-10-6-3-7-11-15/h2-11H,12-13H2,1H3. The maximum Gasteiger partial charge on any atom is 0.0918 e. The molecule has 0 atom stereocenters. The summed E-state index contributed by atoms with van der Waals surface area (Å²) in [7, 11) is 0.949. The van der Waals surface area contributed by atoms with E-state index in [-0.39, 0.29) is 0 Å². The van der Waals surface area contributed by atoms with Crippen LogP contribution in [0.1, 0.15) is 0 Å². The molecule has 0 radical (unpaired) electrons. The molecule has 2 aromatic rings. The summed E-state index contributed by atoms with van der Waals surface area (Å²) < 4.78 is 11.0. The highest BCUT2D eigenvalue weighted by Crippen LogP contribution is 2.34. The van der Waals surface area contributed by atoms with E-state index in [0.29, 0.717) is 13.2 Å². The van der Waals surface area contributed by atoms with Gasteiger partial charge in [0.1, 0.15) is 0 Å². The Morgan fingerprint density at radius 3 is 1.72 bits per heavy atom. The Morgan fingerprint density at radius 2 is 1.28 bits per heavy atom. The van der Waals surface area contributed by atoms with Crippen LogP contribution in [0.3, 0.4) is 0 Å². The van der Waals surface area contributed by atoms with Gasteiger partial charge < -0.3 is 9.26 Å². The normalized spacial score (nSPS) is 10.8. The third-order valence-corrected chi connectivity index (χ3v) is 4.46. The summed E-state index contributed by atoms with van der Waals surface area (Å²) in [6, 6.07) is 20.7. The summed E-state index contributed by atoms with van der Waals surface area (Å²) in [4.78, 5) is 0. The number of hydrogen-bond donors (Lipinski definition) is 0. The monoisotopic (exact) mass is 260 g/mol. The van der Waals surface area contributed by atoms with Crippen LogP contribution in [0.4, 0.5) is 0 Å². The molecular weight excluding hydrogens is 243 g/mol. The molecule has 3 heteroatoms. The molecule has 94 valence electrons. The van der Waals surface area contributed by atoms with Crippen LogP contribution in [-0.2, 0) is 9.26 Å². The van der Waals surface area contributed by atoms with Gasteiger partial charge >= 0.3 is 0 Å². The zero-order chi connectivity index (χ0) is 12.6. The third kappa shape index (κ3) is 3.64. The molecular formula is C15H17O2P. The van der Waals surface area contributed by atoms with E-state index in [4.69, 9.17) is 9.26 Å². The van der Waals surface area contributed by atoms with Gasteiger partial charge in [0.15, 0.2) is 0 Å². The molecule has 0 unspecified atom stereocenters. The average Bonchev–Trinajstić information content (AvgIpc) is 2.46. The van der Waals surface area contributed by atoms with E-state index in [2.05, 4.69) is 24.3 Å². The van der Waals surface area contributed by atoms with Crippen molar-refractivity contribution < 1.29 is 9.26 Å². The fourth-order valence-corrected chi connectivity index (χ4v) is 3.38. The summed E-state index contributed by atoms with van der Waals surface area (Å²) in [5.74, 6) is 0. The number of ether oxygens (including phenoxy) is 1. The van der Waals surface area contributed by atoms with E-state index in [1.54, 1.807) is 7.11 Å². The lowest BCUT2D eigenvalue weighted by molar-refractivity contribution is 0.154. The molecule has 0 heterocycles. The lowest BCUT2D eigenvalue weighted by Gasteiger charge is -2.18. The van der Waals surface area contributed by atoms with Gasteiger partial charge in [-0.05, 0) is 0 Å². The Kier molecular flexibility index (Phi) is 5.35. The largest absolute Gasteiger partial charge is 0.382 e. The van der Waals surface area contributed by atoms with E-state index in [1.165, 1.54) is 10.6 Å². The van der Waals surface area contributed by atoms with Gasteiger partial charge in [-0.25, -0.2) is 0 Å². The van der Waals surface area contributed by atoms with Crippen molar-refractivity contribution in [2.75, 3.05) is 20.3 Å². The highest BCUT2D eigenvalue weighted by Gasteiger charge is 2.14.